The summed E-state index contributed by atoms with van der Waals surface area (Å²) in [6.07, 6.45) is 1.61. The monoisotopic (exact) mass is 402 g/mol. The minimum atomic E-state index is -3.71. The fourth-order valence-electron chi connectivity index (χ4n) is 3.17. The molecule has 1 saturated carbocycles. The number of H-pyrrole nitrogens is 1. The van der Waals surface area contributed by atoms with E-state index in [0.29, 0.717) is 10.6 Å². The van der Waals surface area contributed by atoms with Gasteiger partial charge in [-0.25, -0.2) is 8.42 Å². The Morgan fingerprint density at radius 1 is 1.11 bits per heavy atom. The zero-order valence-electron chi connectivity index (χ0n) is 14.8. The SMILES string of the molecule is Cc1ccc2[nH]c(=O)c(CN(C3CC3)S(=O)(=O)c3ccc(Cl)cc3)cc2c1. The highest BCUT2D eigenvalue weighted by molar-refractivity contribution is 7.89. The summed E-state index contributed by atoms with van der Waals surface area (Å²) in [7, 11) is -3.71. The quantitative estimate of drug-likeness (QED) is 0.704. The smallest absolute Gasteiger partial charge is 0.252 e. The highest BCUT2D eigenvalue weighted by atomic mass is 35.5. The average molecular weight is 403 g/mol. The Bertz CT molecular complexity index is 1170. The maximum atomic E-state index is 13.1. The predicted molar refractivity (Wildman–Crippen MR) is 107 cm³/mol. The van der Waals surface area contributed by atoms with Crippen LogP contribution in [-0.4, -0.2) is 23.7 Å². The van der Waals surface area contributed by atoms with Gasteiger partial charge in [0.1, 0.15) is 0 Å². The van der Waals surface area contributed by atoms with Crippen molar-refractivity contribution in [3.63, 3.8) is 0 Å². The normalized spacial score (nSPS) is 14.8. The largest absolute Gasteiger partial charge is 0.322 e. The molecule has 1 aliphatic rings. The average Bonchev–Trinajstić information content (AvgIpc) is 3.45. The Kier molecular flexibility index (Phi) is 4.58. The van der Waals surface area contributed by atoms with E-state index in [9.17, 15) is 13.2 Å². The standard InChI is InChI=1S/C20H19ClN2O3S/c1-13-2-9-19-14(10-13)11-15(20(24)22-19)12-23(17-5-6-17)27(25,26)18-7-3-16(21)4-8-18/h2-4,7-11,17H,5-6,12H2,1H3,(H,22,24). The van der Waals surface area contributed by atoms with Crippen LogP contribution in [0, 0.1) is 6.92 Å². The number of pyridine rings is 1. The third-order valence-electron chi connectivity index (χ3n) is 4.78. The lowest BCUT2D eigenvalue weighted by molar-refractivity contribution is 0.397. The first-order valence-electron chi connectivity index (χ1n) is 8.74. The second kappa shape index (κ2) is 6.78. The van der Waals surface area contributed by atoms with E-state index < -0.39 is 10.0 Å². The molecule has 0 aliphatic heterocycles. The number of aryl methyl sites for hydroxylation is 1. The zero-order chi connectivity index (χ0) is 19.2. The van der Waals surface area contributed by atoms with Gasteiger partial charge in [-0.2, -0.15) is 4.31 Å². The van der Waals surface area contributed by atoms with E-state index in [1.165, 1.54) is 16.4 Å². The van der Waals surface area contributed by atoms with Gasteiger partial charge in [0.15, 0.2) is 0 Å². The third kappa shape index (κ3) is 3.65. The van der Waals surface area contributed by atoms with Crippen LogP contribution >= 0.6 is 11.6 Å². The lowest BCUT2D eigenvalue weighted by atomic mass is 10.1. The van der Waals surface area contributed by atoms with E-state index in [-0.39, 0.29) is 23.0 Å². The molecule has 7 heteroatoms. The van der Waals surface area contributed by atoms with E-state index >= 15 is 0 Å². The number of aromatic nitrogens is 1. The van der Waals surface area contributed by atoms with Crippen molar-refractivity contribution in [3.8, 4) is 0 Å². The molecule has 3 aromatic rings. The number of hydrogen-bond acceptors (Lipinski definition) is 3. The van der Waals surface area contributed by atoms with Gasteiger partial charge < -0.3 is 4.98 Å². The molecular formula is C20H19ClN2O3S. The lowest BCUT2D eigenvalue weighted by Crippen LogP contribution is -2.34. The molecule has 4 rings (SSSR count). The topological polar surface area (TPSA) is 70.2 Å². The fraction of sp³-hybridized carbons (Fsp3) is 0.250. The summed E-state index contributed by atoms with van der Waals surface area (Å²) < 4.78 is 27.7. The van der Waals surface area contributed by atoms with Crippen molar-refractivity contribution >= 4 is 32.5 Å². The molecule has 0 bridgehead atoms. The Hall–Kier alpha value is -2.15. The molecule has 0 spiro atoms. The van der Waals surface area contributed by atoms with Crippen LogP contribution in [-0.2, 0) is 16.6 Å². The molecule has 0 unspecified atom stereocenters. The van der Waals surface area contributed by atoms with Gasteiger partial charge >= 0.3 is 0 Å². The van der Waals surface area contributed by atoms with Gasteiger partial charge in [-0.05, 0) is 67.6 Å². The molecule has 0 radical (unpaired) electrons. The summed E-state index contributed by atoms with van der Waals surface area (Å²) in [5.74, 6) is 0. The van der Waals surface area contributed by atoms with Crippen molar-refractivity contribution < 1.29 is 8.42 Å². The highest BCUT2D eigenvalue weighted by Crippen LogP contribution is 2.33. The molecule has 0 atom stereocenters. The molecule has 0 amide bonds. The second-order valence-electron chi connectivity index (χ2n) is 6.95. The van der Waals surface area contributed by atoms with Crippen LogP contribution < -0.4 is 5.56 Å². The van der Waals surface area contributed by atoms with E-state index in [2.05, 4.69) is 4.98 Å². The van der Waals surface area contributed by atoms with Gasteiger partial charge in [0.2, 0.25) is 10.0 Å². The molecule has 27 heavy (non-hydrogen) atoms. The summed E-state index contributed by atoms with van der Waals surface area (Å²) in [6.45, 7) is 2.03. The van der Waals surface area contributed by atoms with Crippen molar-refractivity contribution in [1.29, 1.82) is 0 Å². The summed E-state index contributed by atoms with van der Waals surface area (Å²) in [4.78, 5) is 15.6. The van der Waals surface area contributed by atoms with Crippen molar-refractivity contribution in [2.45, 2.75) is 37.2 Å². The first kappa shape index (κ1) is 18.2. The van der Waals surface area contributed by atoms with Crippen LogP contribution in [0.1, 0.15) is 24.0 Å². The Morgan fingerprint density at radius 2 is 1.81 bits per heavy atom. The first-order chi connectivity index (χ1) is 12.8. The second-order valence-corrected chi connectivity index (χ2v) is 9.28. The summed E-state index contributed by atoms with van der Waals surface area (Å²) >= 11 is 5.88. The number of aromatic amines is 1. The van der Waals surface area contributed by atoms with Crippen molar-refractivity contribution in [2.24, 2.45) is 0 Å². The molecule has 2 aromatic carbocycles. The van der Waals surface area contributed by atoms with Crippen molar-refractivity contribution in [2.75, 3.05) is 0 Å². The number of sulfonamides is 1. The summed E-state index contributed by atoms with van der Waals surface area (Å²) in [5, 5.41) is 1.37. The van der Waals surface area contributed by atoms with Gasteiger partial charge in [-0.15, -0.1) is 0 Å². The van der Waals surface area contributed by atoms with E-state index in [4.69, 9.17) is 11.6 Å². The summed E-state index contributed by atoms with van der Waals surface area (Å²) in [6, 6.07) is 13.6. The zero-order valence-corrected chi connectivity index (χ0v) is 16.3. The minimum absolute atomic E-state index is 0.0504. The van der Waals surface area contributed by atoms with Crippen LogP contribution in [0.5, 0.6) is 0 Å². The fourth-order valence-corrected chi connectivity index (χ4v) is 4.96. The number of nitrogens with zero attached hydrogens (tertiary/aromatic N) is 1. The number of rotatable bonds is 5. The number of fused-ring (bicyclic) bond motifs is 1. The van der Waals surface area contributed by atoms with Crippen molar-refractivity contribution in [3.05, 3.63) is 75.0 Å². The Balaban J connectivity index is 1.74. The summed E-state index contributed by atoms with van der Waals surface area (Å²) in [5.41, 5.74) is 2.00. The lowest BCUT2D eigenvalue weighted by Gasteiger charge is -2.22. The predicted octanol–water partition coefficient (Wildman–Crippen LogP) is 3.84. The van der Waals surface area contributed by atoms with E-state index in [0.717, 1.165) is 29.3 Å². The highest BCUT2D eigenvalue weighted by Gasteiger charge is 2.38. The maximum Gasteiger partial charge on any atom is 0.252 e. The molecule has 140 valence electrons. The first-order valence-corrected chi connectivity index (χ1v) is 10.6. The maximum absolute atomic E-state index is 13.1. The van der Waals surface area contributed by atoms with E-state index in [1.54, 1.807) is 18.2 Å². The minimum Gasteiger partial charge on any atom is -0.322 e. The van der Waals surface area contributed by atoms with Gasteiger partial charge in [0, 0.05) is 28.7 Å². The van der Waals surface area contributed by atoms with Gasteiger partial charge in [-0.3, -0.25) is 4.79 Å². The Morgan fingerprint density at radius 3 is 2.48 bits per heavy atom. The van der Waals surface area contributed by atoms with Gasteiger partial charge in [0.25, 0.3) is 5.56 Å². The molecule has 1 N–H and O–H groups in total. The van der Waals surface area contributed by atoms with Gasteiger partial charge in [-0.1, -0.05) is 23.2 Å². The number of halogens is 1. The molecule has 1 aromatic heterocycles. The van der Waals surface area contributed by atoms with Crippen molar-refractivity contribution in [1.82, 2.24) is 9.29 Å². The number of nitrogens with one attached hydrogen (secondary N) is 1. The van der Waals surface area contributed by atoms with Crippen LogP contribution in [0.15, 0.2) is 58.2 Å². The molecular weight excluding hydrogens is 384 g/mol. The molecule has 5 nitrogen and oxygen atoms in total. The van der Waals surface area contributed by atoms with Crippen LogP contribution in [0.4, 0.5) is 0 Å². The third-order valence-corrected chi connectivity index (χ3v) is 6.94. The molecule has 1 heterocycles. The molecule has 1 fully saturated rings. The van der Waals surface area contributed by atoms with Crippen LogP contribution in [0.2, 0.25) is 5.02 Å². The number of hydrogen-bond donors (Lipinski definition) is 1. The number of benzene rings is 2. The molecule has 1 aliphatic carbocycles. The molecule has 0 saturated heterocycles. The van der Waals surface area contributed by atoms with E-state index in [1.807, 2.05) is 25.1 Å². The van der Waals surface area contributed by atoms with Crippen LogP contribution in [0.25, 0.3) is 10.9 Å². The Labute approximate surface area is 162 Å². The van der Waals surface area contributed by atoms with Gasteiger partial charge in [0.05, 0.1) is 4.90 Å². The van der Waals surface area contributed by atoms with Crippen LogP contribution in [0.3, 0.4) is 0 Å².